The SMILES string of the molecule is C#CC(C)Nc1ncc(C(=O)O)c2ccccc12. The minimum absolute atomic E-state index is 0.170. The number of pyridine rings is 1. The molecule has 0 radical (unpaired) electrons. The van der Waals surface area contributed by atoms with Gasteiger partial charge in [-0.2, -0.15) is 0 Å². The molecule has 1 unspecified atom stereocenters. The molecule has 2 rings (SSSR count). The van der Waals surface area contributed by atoms with Gasteiger partial charge in [-0.15, -0.1) is 6.42 Å². The predicted octanol–water partition coefficient (Wildman–Crippen LogP) is 2.37. The van der Waals surface area contributed by atoms with Crippen LogP contribution in [0.2, 0.25) is 0 Å². The molecule has 0 amide bonds. The number of carbonyl (C=O) groups is 1. The maximum Gasteiger partial charge on any atom is 0.337 e. The van der Waals surface area contributed by atoms with Gasteiger partial charge in [-0.1, -0.05) is 30.2 Å². The lowest BCUT2D eigenvalue weighted by Crippen LogP contribution is -2.14. The highest BCUT2D eigenvalue weighted by atomic mass is 16.4. The molecular weight excluding hydrogens is 228 g/mol. The first-order chi connectivity index (χ1) is 8.63. The van der Waals surface area contributed by atoms with Gasteiger partial charge in [0, 0.05) is 17.0 Å². The zero-order valence-corrected chi connectivity index (χ0v) is 9.84. The molecule has 1 aromatic heterocycles. The largest absolute Gasteiger partial charge is 0.478 e. The number of rotatable bonds is 3. The van der Waals surface area contributed by atoms with E-state index in [0.717, 1.165) is 5.39 Å². The van der Waals surface area contributed by atoms with Gasteiger partial charge in [-0.3, -0.25) is 0 Å². The van der Waals surface area contributed by atoms with Crippen molar-refractivity contribution in [3.63, 3.8) is 0 Å². The van der Waals surface area contributed by atoms with Gasteiger partial charge in [0.1, 0.15) is 5.82 Å². The summed E-state index contributed by atoms with van der Waals surface area (Å²) in [5.41, 5.74) is 0.185. The summed E-state index contributed by atoms with van der Waals surface area (Å²) in [5.74, 6) is 2.16. The summed E-state index contributed by atoms with van der Waals surface area (Å²) < 4.78 is 0. The fourth-order valence-electron chi connectivity index (χ4n) is 1.72. The summed E-state index contributed by atoms with van der Waals surface area (Å²) >= 11 is 0. The van der Waals surface area contributed by atoms with Gasteiger partial charge in [-0.25, -0.2) is 9.78 Å². The van der Waals surface area contributed by atoms with E-state index < -0.39 is 5.97 Å². The van der Waals surface area contributed by atoms with Crippen molar-refractivity contribution in [3.05, 3.63) is 36.0 Å². The van der Waals surface area contributed by atoms with Crippen LogP contribution in [0.25, 0.3) is 10.8 Å². The lowest BCUT2D eigenvalue weighted by Gasteiger charge is -2.12. The van der Waals surface area contributed by atoms with Gasteiger partial charge in [0.2, 0.25) is 0 Å². The number of hydrogen-bond acceptors (Lipinski definition) is 3. The number of carboxylic acid groups (broad SMARTS) is 1. The van der Waals surface area contributed by atoms with Gasteiger partial charge in [0.25, 0.3) is 0 Å². The summed E-state index contributed by atoms with van der Waals surface area (Å²) in [7, 11) is 0. The van der Waals surface area contributed by atoms with E-state index in [2.05, 4.69) is 16.2 Å². The molecule has 1 aromatic carbocycles. The van der Waals surface area contributed by atoms with Crippen molar-refractivity contribution in [2.24, 2.45) is 0 Å². The third kappa shape index (κ3) is 2.11. The number of aromatic nitrogens is 1. The van der Waals surface area contributed by atoms with E-state index in [0.29, 0.717) is 11.2 Å². The molecule has 0 saturated heterocycles. The van der Waals surface area contributed by atoms with E-state index in [1.54, 1.807) is 12.1 Å². The molecular formula is C14H12N2O2. The molecule has 1 heterocycles. The summed E-state index contributed by atoms with van der Waals surface area (Å²) in [6.07, 6.45) is 6.65. The number of fused-ring (bicyclic) bond motifs is 1. The maximum absolute atomic E-state index is 11.1. The first-order valence-electron chi connectivity index (χ1n) is 5.47. The summed E-state index contributed by atoms with van der Waals surface area (Å²) in [6.45, 7) is 1.83. The number of carboxylic acids is 1. The van der Waals surface area contributed by atoms with Crippen LogP contribution in [0.1, 0.15) is 17.3 Å². The number of hydrogen-bond donors (Lipinski definition) is 2. The molecule has 18 heavy (non-hydrogen) atoms. The monoisotopic (exact) mass is 240 g/mol. The Kier molecular flexibility index (Phi) is 3.16. The second-order valence-corrected chi connectivity index (χ2v) is 3.90. The van der Waals surface area contributed by atoms with E-state index in [9.17, 15) is 4.79 Å². The average Bonchev–Trinajstić information content (AvgIpc) is 2.38. The van der Waals surface area contributed by atoms with Crippen molar-refractivity contribution in [1.29, 1.82) is 0 Å². The quantitative estimate of drug-likeness (QED) is 0.808. The Morgan fingerprint density at radius 1 is 1.44 bits per heavy atom. The first-order valence-corrected chi connectivity index (χ1v) is 5.47. The zero-order chi connectivity index (χ0) is 13.1. The Balaban J connectivity index is 2.61. The molecule has 0 aliphatic carbocycles. The molecule has 0 saturated carbocycles. The van der Waals surface area contributed by atoms with Gasteiger partial charge in [0.05, 0.1) is 11.6 Å². The molecule has 90 valence electrons. The number of nitrogens with zero attached hydrogens (tertiary/aromatic N) is 1. The lowest BCUT2D eigenvalue weighted by molar-refractivity contribution is 0.0698. The summed E-state index contributed by atoms with van der Waals surface area (Å²) in [5, 5.41) is 13.6. The van der Waals surface area contributed by atoms with E-state index in [1.807, 2.05) is 19.1 Å². The number of nitrogens with one attached hydrogen (secondary N) is 1. The molecule has 0 bridgehead atoms. The molecule has 0 fully saturated rings. The molecule has 2 N–H and O–H groups in total. The Bertz CT molecular complexity index is 644. The Hall–Kier alpha value is -2.54. The van der Waals surface area contributed by atoms with Gasteiger partial charge < -0.3 is 10.4 Å². The highest BCUT2D eigenvalue weighted by Crippen LogP contribution is 2.24. The first kappa shape index (κ1) is 11.9. The minimum Gasteiger partial charge on any atom is -0.478 e. The zero-order valence-electron chi connectivity index (χ0n) is 9.84. The van der Waals surface area contributed by atoms with Gasteiger partial charge >= 0.3 is 5.97 Å². The standard InChI is InChI=1S/C14H12N2O2/c1-3-9(2)16-13-11-7-5-4-6-10(11)12(8-15-13)14(17)18/h1,4-9H,2H3,(H,15,16)(H,17,18). The van der Waals surface area contributed by atoms with Crippen LogP contribution in [0.3, 0.4) is 0 Å². The van der Waals surface area contributed by atoms with Crippen molar-refractivity contribution >= 4 is 22.6 Å². The summed E-state index contributed by atoms with van der Waals surface area (Å²) in [6, 6.07) is 7.04. The van der Waals surface area contributed by atoms with Crippen molar-refractivity contribution in [1.82, 2.24) is 4.98 Å². The maximum atomic E-state index is 11.1. The lowest BCUT2D eigenvalue weighted by atomic mass is 10.1. The topological polar surface area (TPSA) is 62.2 Å². The van der Waals surface area contributed by atoms with Crippen molar-refractivity contribution in [2.75, 3.05) is 5.32 Å². The number of anilines is 1. The Labute approximate surface area is 105 Å². The highest BCUT2D eigenvalue weighted by molar-refractivity contribution is 6.06. The van der Waals surface area contributed by atoms with Crippen LogP contribution >= 0.6 is 0 Å². The molecule has 0 aliphatic heterocycles. The fraction of sp³-hybridized carbons (Fsp3) is 0.143. The summed E-state index contributed by atoms with van der Waals surface area (Å²) in [4.78, 5) is 15.2. The second kappa shape index (κ2) is 4.76. The van der Waals surface area contributed by atoms with Crippen LogP contribution in [0, 0.1) is 12.3 Å². The normalized spacial score (nSPS) is 11.8. The van der Waals surface area contributed by atoms with Crippen molar-refractivity contribution < 1.29 is 9.90 Å². The Morgan fingerprint density at radius 2 is 2.11 bits per heavy atom. The van der Waals surface area contributed by atoms with Crippen LogP contribution < -0.4 is 5.32 Å². The number of terminal acetylenes is 1. The van der Waals surface area contributed by atoms with Gasteiger partial charge in [0.15, 0.2) is 0 Å². The molecule has 4 nitrogen and oxygen atoms in total. The number of benzene rings is 1. The van der Waals surface area contributed by atoms with Crippen molar-refractivity contribution in [2.45, 2.75) is 13.0 Å². The predicted molar refractivity (Wildman–Crippen MR) is 70.6 cm³/mol. The molecule has 4 heteroatoms. The van der Waals surface area contributed by atoms with E-state index in [-0.39, 0.29) is 11.6 Å². The molecule has 2 aromatic rings. The van der Waals surface area contributed by atoms with Crippen LogP contribution in [-0.2, 0) is 0 Å². The second-order valence-electron chi connectivity index (χ2n) is 3.90. The third-order valence-corrected chi connectivity index (χ3v) is 2.63. The van der Waals surface area contributed by atoms with Crippen LogP contribution in [-0.4, -0.2) is 22.1 Å². The third-order valence-electron chi connectivity index (χ3n) is 2.63. The van der Waals surface area contributed by atoms with E-state index in [1.165, 1.54) is 6.20 Å². The van der Waals surface area contributed by atoms with E-state index in [4.69, 9.17) is 11.5 Å². The molecule has 0 spiro atoms. The minimum atomic E-state index is -0.991. The number of aromatic carboxylic acids is 1. The Morgan fingerprint density at radius 3 is 2.72 bits per heavy atom. The van der Waals surface area contributed by atoms with Crippen LogP contribution in [0.5, 0.6) is 0 Å². The van der Waals surface area contributed by atoms with Crippen LogP contribution in [0.4, 0.5) is 5.82 Å². The smallest absolute Gasteiger partial charge is 0.337 e. The fourth-order valence-corrected chi connectivity index (χ4v) is 1.72. The van der Waals surface area contributed by atoms with Crippen molar-refractivity contribution in [3.8, 4) is 12.3 Å². The van der Waals surface area contributed by atoms with Gasteiger partial charge in [-0.05, 0) is 6.92 Å². The average molecular weight is 240 g/mol. The van der Waals surface area contributed by atoms with E-state index >= 15 is 0 Å². The molecule has 1 atom stereocenters. The highest BCUT2D eigenvalue weighted by Gasteiger charge is 2.12. The molecule has 0 aliphatic rings. The van der Waals surface area contributed by atoms with Crippen LogP contribution in [0.15, 0.2) is 30.5 Å².